The zero-order valence-corrected chi connectivity index (χ0v) is 14.2. The van der Waals surface area contributed by atoms with Crippen molar-refractivity contribution in [3.63, 3.8) is 0 Å². The summed E-state index contributed by atoms with van der Waals surface area (Å²) in [5.74, 6) is 0.314. The molecule has 122 valence electrons. The fraction of sp³-hybridized carbons (Fsp3) is 0.500. The van der Waals surface area contributed by atoms with E-state index in [0.29, 0.717) is 12.4 Å². The van der Waals surface area contributed by atoms with E-state index in [4.69, 9.17) is 9.47 Å². The molecule has 1 N–H and O–H groups in total. The van der Waals surface area contributed by atoms with Crippen LogP contribution in [0, 0.1) is 0 Å². The Balaban J connectivity index is 2.41. The number of hydrogen-bond acceptors (Lipinski definition) is 4. The Kier molecular flexibility index (Phi) is 6.62. The van der Waals surface area contributed by atoms with Gasteiger partial charge in [-0.3, -0.25) is 10.1 Å². The molecule has 0 saturated carbocycles. The number of rotatable bonds is 7. The van der Waals surface area contributed by atoms with Gasteiger partial charge in [0, 0.05) is 0 Å². The van der Waals surface area contributed by atoms with Gasteiger partial charge in [-0.1, -0.05) is 36.9 Å². The second kappa shape index (κ2) is 7.99. The molecule has 0 saturated heterocycles. The highest BCUT2D eigenvalue weighted by Gasteiger charge is 2.23. The summed E-state index contributed by atoms with van der Waals surface area (Å²) in [6.45, 7) is 13.6. The lowest BCUT2D eigenvalue weighted by atomic mass is 10.2. The van der Waals surface area contributed by atoms with Crippen molar-refractivity contribution in [2.24, 2.45) is 0 Å². The molecule has 0 fully saturated rings. The zero-order chi connectivity index (χ0) is 16.8. The minimum absolute atomic E-state index is 0.147. The van der Waals surface area contributed by atoms with Gasteiger partial charge >= 0.3 is 5.97 Å². The summed E-state index contributed by atoms with van der Waals surface area (Å²) < 4.78 is 11.0. The van der Waals surface area contributed by atoms with Crippen LogP contribution in [0.15, 0.2) is 42.7 Å². The van der Waals surface area contributed by atoms with Crippen molar-refractivity contribution < 1.29 is 14.3 Å². The highest BCUT2D eigenvalue weighted by molar-refractivity contribution is 5.75. The van der Waals surface area contributed by atoms with E-state index < -0.39 is 11.6 Å². The van der Waals surface area contributed by atoms with Crippen molar-refractivity contribution in [2.75, 3.05) is 0 Å². The second-order valence-corrected chi connectivity index (χ2v) is 6.38. The molecule has 4 nitrogen and oxygen atoms in total. The maximum absolute atomic E-state index is 11.9. The molecule has 0 bridgehead atoms. The Labute approximate surface area is 133 Å². The summed E-state index contributed by atoms with van der Waals surface area (Å²) in [5, 5.41) is 3.14. The molecule has 1 aromatic rings. The molecule has 0 aromatic heterocycles. The van der Waals surface area contributed by atoms with Crippen LogP contribution in [-0.2, 0) is 20.9 Å². The molecule has 0 aliphatic carbocycles. The molecule has 2 unspecified atom stereocenters. The third-order valence-electron chi connectivity index (χ3n) is 3.01. The molecule has 0 heterocycles. The summed E-state index contributed by atoms with van der Waals surface area (Å²) in [6.07, 6.45) is 0. The van der Waals surface area contributed by atoms with Gasteiger partial charge in [0.2, 0.25) is 0 Å². The minimum atomic E-state index is -0.489. The van der Waals surface area contributed by atoms with Crippen molar-refractivity contribution in [1.29, 1.82) is 0 Å². The van der Waals surface area contributed by atoms with Crippen LogP contribution in [0.25, 0.3) is 0 Å². The molecule has 0 spiro atoms. The van der Waals surface area contributed by atoms with E-state index in [1.165, 1.54) is 0 Å². The van der Waals surface area contributed by atoms with E-state index in [2.05, 4.69) is 11.9 Å². The van der Waals surface area contributed by atoms with Gasteiger partial charge in [-0.05, 0) is 40.2 Å². The number of esters is 1. The van der Waals surface area contributed by atoms with Crippen molar-refractivity contribution in [3.8, 4) is 0 Å². The third-order valence-corrected chi connectivity index (χ3v) is 3.01. The fourth-order valence-corrected chi connectivity index (χ4v) is 1.80. The van der Waals surface area contributed by atoms with E-state index in [-0.39, 0.29) is 12.0 Å². The lowest BCUT2D eigenvalue weighted by Crippen LogP contribution is -2.44. The average molecular weight is 305 g/mol. The van der Waals surface area contributed by atoms with Crippen LogP contribution in [0.5, 0.6) is 0 Å². The largest absolute Gasteiger partial charge is 0.492 e. The highest BCUT2D eigenvalue weighted by Crippen LogP contribution is 2.11. The van der Waals surface area contributed by atoms with Crippen LogP contribution in [-0.4, -0.2) is 23.7 Å². The highest BCUT2D eigenvalue weighted by atomic mass is 16.6. The molecule has 4 heteroatoms. The molecule has 1 aromatic carbocycles. The second-order valence-electron chi connectivity index (χ2n) is 6.38. The Bertz CT molecular complexity index is 491. The molecular formula is C18H27NO3. The maximum Gasteiger partial charge on any atom is 0.323 e. The van der Waals surface area contributed by atoms with Crippen LogP contribution in [0.1, 0.15) is 40.2 Å². The van der Waals surface area contributed by atoms with Crippen LogP contribution in [0.4, 0.5) is 0 Å². The molecule has 0 amide bonds. The van der Waals surface area contributed by atoms with Crippen molar-refractivity contribution in [2.45, 2.75) is 58.9 Å². The summed E-state index contributed by atoms with van der Waals surface area (Å²) in [7, 11) is 0. The summed E-state index contributed by atoms with van der Waals surface area (Å²) in [5.41, 5.74) is 0.591. The van der Waals surface area contributed by atoms with Gasteiger partial charge < -0.3 is 9.47 Å². The van der Waals surface area contributed by atoms with Crippen molar-refractivity contribution in [1.82, 2.24) is 5.32 Å². The van der Waals surface area contributed by atoms with E-state index >= 15 is 0 Å². The molecule has 0 aliphatic heterocycles. The van der Waals surface area contributed by atoms with Crippen LogP contribution in [0.3, 0.4) is 0 Å². The number of hydrogen-bond donors (Lipinski definition) is 1. The first-order valence-electron chi connectivity index (χ1n) is 7.53. The molecule has 22 heavy (non-hydrogen) atoms. The number of benzene rings is 1. The third kappa shape index (κ3) is 6.76. The normalized spacial score (nSPS) is 14.0. The minimum Gasteiger partial charge on any atom is -0.492 e. The smallest absolute Gasteiger partial charge is 0.323 e. The van der Waals surface area contributed by atoms with Crippen molar-refractivity contribution >= 4 is 5.97 Å². The summed E-state index contributed by atoms with van der Waals surface area (Å²) in [6, 6.07) is 9.31. The first kappa shape index (κ1) is 18.2. The predicted molar refractivity (Wildman–Crippen MR) is 88.3 cm³/mol. The SMILES string of the molecule is C=C(OCc1ccccc1)C(C)NC(C)C(=O)OC(C)(C)C. The van der Waals surface area contributed by atoms with Gasteiger partial charge in [0.15, 0.2) is 0 Å². The van der Waals surface area contributed by atoms with E-state index in [9.17, 15) is 4.79 Å². The van der Waals surface area contributed by atoms with Crippen LogP contribution >= 0.6 is 0 Å². The van der Waals surface area contributed by atoms with E-state index in [1.54, 1.807) is 6.92 Å². The Morgan fingerprint density at radius 3 is 2.32 bits per heavy atom. The van der Waals surface area contributed by atoms with E-state index in [0.717, 1.165) is 5.56 Å². The fourth-order valence-electron chi connectivity index (χ4n) is 1.80. The first-order chi connectivity index (χ1) is 10.2. The predicted octanol–water partition coefficient (Wildman–Crippen LogP) is 3.43. The van der Waals surface area contributed by atoms with Crippen LogP contribution < -0.4 is 5.32 Å². The summed E-state index contributed by atoms with van der Waals surface area (Å²) >= 11 is 0. The topological polar surface area (TPSA) is 47.6 Å². The molecule has 0 aliphatic rings. The number of nitrogens with one attached hydrogen (secondary N) is 1. The Hall–Kier alpha value is -1.81. The van der Waals surface area contributed by atoms with Gasteiger partial charge in [0.1, 0.15) is 24.0 Å². The lowest BCUT2D eigenvalue weighted by molar-refractivity contribution is -0.157. The zero-order valence-electron chi connectivity index (χ0n) is 14.2. The van der Waals surface area contributed by atoms with Crippen LogP contribution in [0.2, 0.25) is 0 Å². The quantitative estimate of drug-likeness (QED) is 0.619. The monoisotopic (exact) mass is 305 g/mol. The lowest BCUT2D eigenvalue weighted by Gasteiger charge is -2.25. The standard InChI is InChI=1S/C18H27NO3/c1-13(19-14(2)17(20)22-18(4,5)6)15(3)21-12-16-10-8-7-9-11-16/h7-11,13-14,19H,3,12H2,1-2,4-6H3. The Morgan fingerprint density at radius 2 is 1.77 bits per heavy atom. The molecule has 1 rings (SSSR count). The van der Waals surface area contributed by atoms with Gasteiger partial charge in [0.25, 0.3) is 0 Å². The molecular weight excluding hydrogens is 278 g/mol. The molecule has 2 atom stereocenters. The van der Waals surface area contributed by atoms with E-state index in [1.807, 2.05) is 58.0 Å². The van der Waals surface area contributed by atoms with Gasteiger partial charge in [-0.25, -0.2) is 0 Å². The molecule has 0 radical (unpaired) electrons. The van der Waals surface area contributed by atoms with Gasteiger partial charge in [0.05, 0.1) is 6.04 Å². The van der Waals surface area contributed by atoms with Gasteiger partial charge in [-0.15, -0.1) is 0 Å². The average Bonchev–Trinajstić information content (AvgIpc) is 2.43. The van der Waals surface area contributed by atoms with Gasteiger partial charge in [-0.2, -0.15) is 0 Å². The number of carbonyl (C=O) groups is 1. The number of carbonyl (C=O) groups excluding carboxylic acids is 1. The van der Waals surface area contributed by atoms with Crippen molar-refractivity contribution in [3.05, 3.63) is 48.2 Å². The maximum atomic E-state index is 11.9. The first-order valence-corrected chi connectivity index (χ1v) is 7.53. The number of ether oxygens (including phenoxy) is 2. The Morgan fingerprint density at radius 1 is 1.18 bits per heavy atom. The summed E-state index contributed by atoms with van der Waals surface area (Å²) in [4.78, 5) is 11.9.